The van der Waals surface area contributed by atoms with Crippen LogP contribution in [0.4, 0.5) is 0 Å². The minimum absolute atomic E-state index is 0.123. The van der Waals surface area contributed by atoms with Crippen LogP contribution >= 0.6 is 23.5 Å². The monoisotopic (exact) mass is 312 g/mol. The molecular formula is C15H20O3S2. The fourth-order valence-corrected chi connectivity index (χ4v) is 3.19. The van der Waals surface area contributed by atoms with Gasteiger partial charge in [-0.05, 0) is 17.5 Å². The Bertz CT molecular complexity index is 406. The molecule has 1 aromatic carbocycles. The van der Waals surface area contributed by atoms with Gasteiger partial charge in [-0.25, -0.2) is 0 Å². The summed E-state index contributed by atoms with van der Waals surface area (Å²) >= 11 is 3.49. The summed E-state index contributed by atoms with van der Waals surface area (Å²) in [6.45, 7) is 1.50. The second-order valence-electron chi connectivity index (χ2n) is 4.52. The number of rotatable bonds is 0. The Morgan fingerprint density at radius 1 is 0.900 bits per heavy atom. The molecular weight excluding hydrogens is 292 g/mol. The van der Waals surface area contributed by atoms with Gasteiger partial charge in [-0.3, -0.25) is 4.79 Å². The molecule has 2 aliphatic heterocycles. The topological polar surface area (TPSA) is 35.5 Å². The maximum Gasteiger partial charge on any atom is 0.306 e. The van der Waals surface area contributed by atoms with Gasteiger partial charge in [0.2, 0.25) is 0 Å². The minimum atomic E-state index is -0.123. The molecule has 0 N–H and O–H groups in total. The average Bonchev–Trinajstić information content (AvgIpc) is 2.48. The van der Waals surface area contributed by atoms with E-state index < -0.39 is 0 Å². The number of hydrogen-bond acceptors (Lipinski definition) is 5. The van der Waals surface area contributed by atoms with E-state index >= 15 is 0 Å². The first-order chi connectivity index (χ1) is 9.84. The van der Waals surface area contributed by atoms with Gasteiger partial charge in [-0.1, -0.05) is 24.3 Å². The van der Waals surface area contributed by atoms with Crippen molar-refractivity contribution in [2.75, 3.05) is 30.7 Å². The van der Waals surface area contributed by atoms with Crippen LogP contribution in [0.5, 0.6) is 0 Å². The lowest BCUT2D eigenvalue weighted by Crippen LogP contribution is -2.07. The van der Waals surface area contributed by atoms with Crippen molar-refractivity contribution in [3.8, 4) is 0 Å². The van der Waals surface area contributed by atoms with Gasteiger partial charge >= 0.3 is 5.97 Å². The molecule has 3 rings (SSSR count). The standard InChI is InChI=1S/C15H20O3S2/c16-15-6-5-13-1-3-14(4-2-13)11-19-9-7-17-8-10-20-12-18-15/h1-4H,5-12H2. The molecule has 110 valence electrons. The molecule has 0 aliphatic carbocycles. The number of thioether (sulfide) groups is 2. The third kappa shape index (κ3) is 6.20. The average molecular weight is 312 g/mol. The van der Waals surface area contributed by atoms with E-state index in [1.165, 1.54) is 11.1 Å². The molecule has 1 aromatic rings. The van der Waals surface area contributed by atoms with Gasteiger partial charge in [-0.15, -0.1) is 11.8 Å². The van der Waals surface area contributed by atoms with Gasteiger partial charge in [0.25, 0.3) is 0 Å². The molecule has 0 fully saturated rings. The zero-order chi connectivity index (χ0) is 14.0. The van der Waals surface area contributed by atoms with Gasteiger partial charge in [0, 0.05) is 23.7 Å². The van der Waals surface area contributed by atoms with Crippen molar-refractivity contribution in [1.82, 2.24) is 0 Å². The number of hydrogen-bond donors (Lipinski definition) is 0. The van der Waals surface area contributed by atoms with Gasteiger partial charge in [-0.2, -0.15) is 11.8 Å². The molecule has 0 aromatic heterocycles. The second kappa shape index (κ2) is 9.32. The first-order valence-electron chi connectivity index (χ1n) is 6.81. The summed E-state index contributed by atoms with van der Waals surface area (Å²) < 4.78 is 10.7. The van der Waals surface area contributed by atoms with Gasteiger partial charge in [0.15, 0.2) is 0 Å². The lowest BCUT2D eigenvalue weighted by molar-refractivity contribution is -0.141. The fraction of sp³-hybridized carbons (Fsp3) is 0.533. The lowest BCUT2D eigenvalue weighted by atomic mass is 10.1. The molecule has 5 heteroatoms. The predicted molar refractivity (Wildman–Crippen MR) is 85.2 cm³/mol. The smallest absolute Gasteiger partial charge is 0.306 e. The van der Waals surface area contributed by atoms with Gasteiger partial charge in [0.05, 0.1) is 13.2 Å². The summed E-state index contributed by atoms with van der Waals surface area (Å²) in [5, 5.41) is 0. The van der Waals surface area contributed by atoms with Crippen LogP contribution in [0.3, 0.4) is 0 Å². The molecule has 0 unspecified atom stereocenters. The summed E-state index contributed by atoms with van der Waals surface area (Å²) in [6, 6.07) is 8.49. The van der Waals surface area contributed by atoms with Crippen LogP contribution in [-0.4, -0.2) is 36.6 Å². The van der Waals surface area contributed by atoms with E-state index in [9.17, 15) is 4.79 Å². The number of aryl methyl sites for hydroxylation is 1. The van der Waals surface area contributed by atoms with Crippen LogP contribution in [0.15, 0.2) is 24.3 Å². The summed E-state index contributed by atoms with van der Waals surface area (Å²) in [4.78, 5) is 11.6. The number of benzene rings is 1. The first-order valence-corrected chi connectivity index (χ1v) is 9.12. The Hall–Kier alpha value is -0.650. The third-order valence-electron chi connectivity index (χ3n) is 2.96. The Balaban J connectivity index is 1.87. The Morgan fingerprint density at radius 2 is 1.60 bits per heavy atom. The summed E-state index contributed by atoms with van der Waals surface area (Å²) in [7, 11) is 0. The predicted octanol–water partition coefficient (Wildman–Crippen LogP) is 3.12. The van der Waals surface area contributed by atoms with Crippen molar-refractivity contribution in [1.29, 1.82) is 0 Å². The number of ether oxygens (including phenoxy) is 2. The van der Waals surface area contributed by atoms with E-state index in [1.807, 2.05) is 11.8 Å². The van der Waals surface area contributed by atoms with E-state index in [-0.39, 0.29) is 5.97 Å². The summed E-state index contributed by atoms with van der Waals surface area (Å²) in [6.07, 6.45) is 1.20. The maximum atomic E-state index is 11.6. The fourth-order valence-electron chi connectivity index (χ4n) is 1.81. The lowest BCUT2D eigenvalue weighted by Gasteiger charge is -2.05. The highest BCUT2D eigenvalue weighted by atomic mass is 32.2. The highest BCUT2D eigenvalue weighted by molar-refractivity contribution is 7.99. The number of fused-ring (bicyclic) bond motifs is 14. The van der Waals surface area contributed by atoms with Crippen LogP contribution in [0, 0.1) is 0 Å². The zero-order valence-electron chi connectivity index (χ0n) is 11.5. The molecule has 2 heterocycles. The van der Waals surface area contributed by atoms with Crippen LogP contribution < -0.4 is 0 Å². The minimum Gasteiger partial charge on any atom is -0.455 e. The Labute approximate surface area is 128 Å². The molecule has 0 amide bonds. The Morgan fingerprint density at radius 3 is 2.40 bits per heavy atom. The van der Waals surface area contributed by atoms with Crippen molar-refractivity contribution < 1.29 is 14.3 Å². The van der Waals surface area contributed by atoms with E-state index in [0.29, 0.717) is 12.4 Å². The van der Waals surface area contributed by atoms with Gasteiger partial charge in [0.1, 0.15) is 5.94 Å². The van der Waals surface area contributed by atoms with Crippen molar-refractivity contribution in [2.24, 2.45) is 0 Å². The molecule has 3 nitrogen and oxygen atoms in total. The second-order valence-corrected chi connectivity index (χ2v) is 6.68. The molecule has 0 spiro atoms. The molecule has 20 heavy (non-hydrogen) atoms. The molecule has 0 atom stereocenters. The zero-order valence-corrected chi connectivity index (χ0v) is 13.1. The van der Waals surface area contributed by atoms with E-state index in [0.717, 1.165) is 36.9 Å². The Kier molecular flexibility index (Phi) is 7.33. The molecule has 2 aliphatic rings. The van der Waals surface area contributed by atoms with Crippen LogP contribution in [0.2, 0.25) is 0 Å². The molecule has 0 saturated carbocycles. The largest absolute Gasteiger partial charge is 0.455 e. The first kappa shape index (κ1) is 15.7. The van der Waals surface area contributed by atoms with E-state index in [2.05, 4.69) is 24.3 Å². The molecule has 0 saturated heterocycles. The molecule has 2 bridgehead atoms. The third-order valence-corrected chi connectivity index (χ3v) is 4.69. The van der Waals surface area contributed by atoms with Crippen molar-refractivity contribution in [3.05, 3.63) is 35.4 Å². The van der Waals surface area contributed by atoms with Crippen LogP contribution in [0.25, 0.3) is 0 Å². The molecule has 0 radical (unpaired) electrons. The summed E-state index contributed by atoms with van der Waals surface area (Å²) in [5.41, 5.74) is 2.51. The quantitative estimate of drug-likeness (QED) is 0.688. The van der Waals surface area contributed by atoms with Crippen molar-refractivity contribution in [2.45, 2.75) is 18.6 Å². The number of esters is 1. The van der Waals surface area contributed by atoms with Crippen molar-refractivity contribution >= 4 is 29.5 Å². The van der Waals surface area contributed by atoms with Crippen LogP contribution in [-0.2, 0) is 26.4 Å². The highest BCUT2D eigenvalue weighted by Gasteiger charge is 2.04. The summed E-state index contributed by atoms with van der Waals surface area (Å²) in [5.74, 6) is 3.20. The van der Waals surface area contributed by atoms with E-state index in [4.69, 9.17) is 9.47 Å². The van der Waals surface area contributed by atoms with E-state index in [1.54, 1.807) is 11.8 Å². The SMILES string of the molecule is O=C1CCc2ccc(cc2)CSCCOCCSCO1. The normalized spacial score (nSPS) is 19.3. The number of carbonyl (C=O) groups is 1. The van der Waals surface area contributed by atoms with Crippen molar-refractivity contribution in [3.63, 3.8) is 0 Å². The van der Waals surface area contributed by atoms with Gasteiger partial charge < -0.3 is 9.47 Å². The maximum absolute atomic E-state index is 11.6. The highest BCUT2D eigenvalue weighted by Crippen LogP contribution is 2.14. The van der Waals surface area contributed by atoms with Crippen LogP contribution in [0.1, 0.15) is 17.5 Å². The number of carbonyl (C=O) groups excluding carboxylic acids is 1.